The first-order valence-electron chi connectivity index (χ1n) is 9.31. The van der Waals surface area contributed by atoms with E-state index in [1.165, 1.54) is 18.2 Å². The first-order valence-corrected chi connectivity index (χ1v) is 9.31. The van der Waals surface area contributed by atoms with Crippen molar-refractivity contribution in [2.45, 2.75) is 38.8 Å². The van der Waals surface area contributed by atoms with Crippen molar-refractivity contribution in [3.63, 3.8) is 0 Å². The second kappa shape index (κ2) is 7.67. The molecule has 0 unspecified atom stereocenters. The third-order valence-electron chi connectivity index (χ3n) is 4.97. The summed E-state index contributed by atoms with van der Waals surface area (Å²) < 4.78 is 3.94. The lowest BCUT2D eigenvalue weighted by Gasteiger charge is -2.01. The van der Waals surface area contributed by atoms with E-state index in [-0.39, 0.29) is 18.0 Å². The molecule has 1 aliphatic rings. The van der Waals surface area contributed by atoms with Gasteiger partial charge in [-0.15, -0.1) is 4.68 Å². The highest BCUT2D eigenvalue weighted by molar-refractivity contribution is 5.96. The number of non-ortho nitro benzene ring substituents is 1. The van der Waals surface area contributed by atoms with Gasteiger partial charge in [0.25, 0.3) is 5.69 Å². The van der Waals surface area contributed by atoms with E-state index in [1.807, 2.05) is 12.1 Å². The molecule has 0 saturated heterocycles. The van der Waals surface area contributed by atoms with Crippen LogP contribution in [0.4, 0.5) is 5.69 Å². The van der Waals surface area contributed by atoms with Gasteiger partial charge in [0.05, 0.1) is 17.0 Å². The van der Waals surface area contributed by atoms with Crippen LogP contribution in [0.2, 0.25) is 0 Å². The maximum absolute atomic E-state index is 12.8. The number of ketones is 1. The fraction of sp³-hybridized carbons (Fsp3) is 0.300. The van der Waals surface area contributed by atoms with Gasteiger partial charge in [0, 0.05) is 41.6 Å². The molecular formula is C20H20N5O3+. The molecule has 2 aromatic heterocycles. The Balaban J connectivity index is 1.70. The molecular weight excluding hydrogens is 358 g/mol. The summed E-state index contributed by atoms with van der Waals surface area (Å²) in [7, 11) is 0. The molecule has 0 atom stereocenters. The number of rotatable bonds is 5. The molecule has 1 aliphatic heterocycles. The number of nitrogens with zero attached hydrogens (tertiary/aromatic N) is 5. The van der Waals surface area contributed by atoms with Gasteiger partial charge in [0.1, 0.15) is 0 Å². The van der Waals surface area contributed by atoms with Crippen molar-refractivity contribution >= 4 is 11.5 Å². The van der Waals surface area contributed by atoms with Gasteiger partial charge in [-0.05, 0) is 31.4 Å². The smallest absolute Gasteiger partial charge is 0.290 e. The van der Waals surface area contributed by atoms with Crippen molar-refractivity contribution < 1.29 is 14.3 Å². The quantitative estimate of drug-likeness (QED) is 0.294. The number of nitro benzene ring substituents is 1. The molecule has 0 radical (unpaired) electrons. The highest BCUT2D eigenvalue weighted by atomic mass is 16.6. The molecule has 3 aromatic rings. The third-order valence-corrected chi connectivity index (χ3v) is 4.97. The Morgan fingerprint density at radius 1 is 1.18 bits per heavy atom. The number of aromatic nitrogens is 4. The fourth-order valence-corrected chi connectivity index (χ4v) is 3.58. The van der Waals surface area contributed by atoms with Crippen LogP contribution in [0, 0.1) is 10.1 Å². The minimum absolute atomic E-state index is 0.0571. The van der Waals surface area contributed by atoms with Crippen LogP contribution in [-0.2, 0) is 19.5 Å². The van der Waals surface area contributed by atoms with Crippen molar-refractivity contribution in [2.24, 2.45) is 0 Å². The number of carbonyl (C=O) groups excluding carboxylic acids is 1. The summed E-state index contributed by atoms with van der Waals surface area (Å²) in [4.78, 5) is 27.4. The Labute approximate surface area is 161 Å². The van der Waals surface area contributed by atoms with Gasteiger partial charge >= 0.3 is 5.82 Å². The number of hydrogen-bond donors (Lipinski definition) is 0. The Morgan fingerprint density at radius 3 is 2.79 bits per heavy atom. The Bertz CT molecular complexity index is 1030. The van der Waals surface area contributed by atoms with Crippen LogP contribution < -0.4 is 4.57 Å². The average Bonchev–Trinajstić information content (AvgIpc) is 2.89. The zero-order valence-electron chi connectivity index (χ0n) is 15.3. The second-order valence-electron chi connectivity index (χ2n) is 6.83. The highest BCUT2D eigenvalue weighted by Gasteiger charge is 2.29. The molecule has 142 valence electrons. The zero-order valence-corrected chi connectivity index (χ0v) is 15.3. The summed E-state index contributed by atoms with van der Waals surface area (Å²) in [5, 5.41) is 15.7. The monoisotopic (exact) mass is 378 g/mol. The summed E-state index contributed by atoms with van der Waals surface area (Å²) in [6.07, 6.45) is 7.56. The van der Waals surface area contributed by atoms with Crippen LogP contribution in [-0.4, -0.2) is 25.5 Å². The van der Waals surface area contributed by atoms with Gasteiger partial charge in [-0.3, -0.25) is 19.9 Å². The van der Waals surface area contributed by atoms with Gasteiger partial charge in [0.2, 0.25) is 11.6 Å². The second-order valence-corrected chi connectivity index (χ2v) is 6.83. The number of pyridine rings is 1. The molecule has 1 aromatic carbocycles. The zero-order chi connectivity index (χ0) is 19.5. The maximum Gasteiger partial charge on any atom is 0.309 e. The lowest BCUT2D eigenvalue weighted by atomic mass is 10.1. The topological polar surface area (TPSA) is 94.8 Å². The van der Waals surface area contributed by atoms with Crippen molar-refractivity contribution in [3.8, 4) is 11.4 Å². The Morgan fingerprint density at radius 2 is 2.00 bits per heavy atom. The predicted octanol–water partition coefficient (Wildman–Crippen LogP) is 2.75. The average molecular weight is 378 g/mol. The summed E-state index contributed by atoms with van der Waals surface area (Å²) in [6.45, 7) is 0.916. The molecule has 8 heteroatoms. The van der Waals surface area contributed by atoms with Crippen molar-refractivity contribution in [1.82, 2.24) is 14.8 Å². The number of fused-ring (bicyclic) bond motifs is 1. The lowest BCUT2D eigenvalue weighted by Crippen LogP contribution is -2.38. The van der Waals surface area contributed by atoms with Crippen LogP contribution >= 0.6 is 0 Å². The van der Waals surface area contributed by atoms with E-state index in [1.54, 1.807) is 23.1 Å². The molecule has 0 spiro atoms. The van der Waals surface area contributed by atoms with E-state index in [4.69, 9.17) is 5.10 Å². The standard InChI is InChI=1S/C20H20N5O3/c26-18(16-5-4-6-17(13-16)25(27)28)14-24-19-7-2-1-3-12-23(19)20(22-24)15-8-10-21-11-9-15/h4-6,8-11,13H,1-3,7,12,14H2/q+1. The third kappa shape index (κ3) is 3.53. The largest absolute Gasteiger partial charge is 0.309 e. The van der Waals surface area contributed by atoms with E-state index in [2.05, 4.69) is 9.55 Å². The molecule has 0 amide bonds. The number of nitro groups is 1. The molecule has 28 heavy (non-hydrogen) atoms. The minimum atomic E-state index is -0.492. The molecule has 3 heterocycles. The molecule has 0 fully saturated rings. The van der Waals surface area contributed by atoms with Gasteiger partial charge < -0.3 is 0 Å². The van der Waals surface area contributed by atoms with Crippen LogP contribution in [0.1, 0.15) is 35.4 Å². The number of benzene rings is 1. The van der Waals surface area contributed by atoms with Gasteiger partial charge in [-0.2, -0.15) is 0 Å². The van der Waals surface area contributed by atoms with Crippen molar-refractivity contribution in [3.05, 3.63) is 70.3 Å². The Kier molecular flexibility index (Phi) is 4.92. The first kappa shape index (κ1) is 18.0. The first-order chi connectivity index (χ1) is 13.6. The molecule has 4 rings (SSSR count). The summed E-state index contributed by atoms with van der Waals surface area (Å²) in [5.74, 6) is 1.65. The van der Waals surface area contributed by atoms with Crippen LogP contribution in [0.25, 0.3) is 11.4 Å². The lowest BCUT2D eigenvalue weighted by molar-refractivity contribution is -0.693. The van der Waals surface area contributed by atoms with E-state index < -0.39 is 4.92 Å². The highest BCUT2D eigenvalue weighted by Crippen LogP contribution is 2.19. The van der Waals surface area contributed by atoms with E-state index in [0.717, 1.165) is 49.4 Å². The van der Waals surface area contributed by atoms with E-state index in [0.29, 0.717) is 5.56 Å². The molecule has 0 saturated carbocycles. The van der Waals surface area contributed by atoms with Crippen LogP contribution in [0.5, 0.6) is 0 Å². The predicted molar refractivity (Wildman–Crippen MR) is 101 cm³/mol. The summed E-state index contributed by atoms with van der Waals surface area (Å²) in [5.41, 5.74) is 1.19. The maximum atomic E-state index is 12.8. The van der Waals surface area contributed by atoms with E-state index in [9.17, 15) is 14.9 Å². The van der Waals surface area contributed by atoms with Crippen LogP contribution in [0.15, 0.2) is 48.8 Å². The summed E-state index contributed by atoms with van der Waals surface area (Å²) >= 11 is 0. The SMILES string of the molecule is O=C(Cn1nc(-c2ccncc2)[n+]2c1CCCCC2)c1cccc([N+](=O)[O-])c1. The van der Waals surface area contributed by atoms with Crippen LogP contribution in [0.3, 0.4) is 0 Å². The van der Waals surface area contributed by atoms with Gasteiger partial charge in [-0.1, -0.05) is 12.1 Å². The minimum Gasteiger partial charge on any atom is -0.290 e. The molecule has 8 nitrogen and oxygen atoms in total. The molecule has 0 N–H and O–H groups in total. The fourth-order valence-electron chi connectivity index (χ4n) is 3.58. The van der Waals surface area contributed by atoms with Gasteiger partial charge in [-0.25, -0.2) is 4.57 Å². The van der Waals surface area contributed by atoms with Gasteiger partial charge in [0.15, 0.2) is 6.54 Å². The molecule has 0 aliphatic carbocycles. The van der Waals surface area contributed by atoms with Crippen molar-refractivity contribution in [2.75, 3.05) is 0 Å². The molecule has 0 bridgehead atoms. The number of hydrogen-bond acceptors (Lipinski definition) is 5. The Hall–Kier alpha value is -3.42. The normalized spacial score (nSPS) is 13.6. The number of carbonyl (C=O) groups is 1. The van der Waals surface area contributed by atoms with E-state index >= 15 is 0 Å². The van der Waals surface area contributed by atoms with Crippen molar-refractivity contribution in [1.29, 1.82) is 0 Å². The summed E-state index contributed by atoms with van der Waals surface area (Å²) in [6, 6.07) is 9.66. The number of Topliss-reactive ketones (excluding diaryl/α,β-unsaturated/α-hetero) is 1.